The Bertz CT molecular complexity index is 915. The van der Waals surface area contributed by atoms with Crippen molar-refractivity contribution in [2.75, 3.05) is 29.9 Å². The van der Waals surface area contributed by atoms with Gasteiger partial charge in [-0.2, -0.15) is 0 Å². The van der Waals surface area contributed by atoms with Crippen LogP contribution in [0.2, 0.25) is 0 Å². The molecule has 0 radical (unpaired) electrons. The number of nitrogens with zero attached hydrogens (tertiary/aromatic N) is 4. The Morgan fingerprint density at radius 2 is 2.08 bits per heavy atom. The van der Waals surface area contributed by atoms with E-state index in [2.05, 4.69) is 37.4 Å². The van der Waals surface area contributed by atoms with Crippen LogP contribution in [0.15, 0.2) is 43.0 Å². The van der Waals surface area contributed by atoms with Gasteiger partial charge < -0.3 is 15.5 Å². The topological polar surface area (TPSA) is 66.0 Å². The number of nitrogens with one attached hydrogen (secondary N) is 2. The Hall–Kier alpha value is -2.80. The van der Waals surface area contributed by atoms with E-state index < -0.39 is 0 Å². The van der Waals surface area contributed by atoms with Crippen LogP contribution in [0.3, 0.4) is 0 Å². The molecule has 6 nitrogen and oxygen atoms in total. The molecule has 134 valence electrons. The van der Waals surface area contributed by atoms with Crippen molar-refractivity contribution in [1.82, 2.24) is 20.3 Å². The Balaban J connectivity index is 1.56. The van der Waals surface area contributed by atoms with Crippen molar-refractivity contribution in [1.29, 1.82) is 0 Å². The molecule has 1 atom stereocenters. The number of pyridine rings is 1. The number of halogens is 1. The molecule has 0 spiro atoms. The predicted molar refractivity (Wildman–Crippen MR) is 101 cm³/mol. The monoisotopic (exact) mass is 352 g/mol. The minimum absolute atomic E-state index is 0.298. The summed E-state index contributed by atoms with van der Waals surface area (Å²) in [5.74, 6) is -0.298. The fraction of sp³-hybridized carbons (Fsp3) is 0.316. The van der Waals surface area contributed by atoms with Crippen LogP contribution in [-0.4, -0.2) is 40.6 Å². The number of fused-ring (bicyclic) bond motifs is 1. The molecular weight excluding hydrogens is 331 g/mol. The second kappa shape index (κ2) is 7.21. The molecule has 0 saturated carbocycles. The van der Waals surface area contributed by atoms with Gasteiger partial charge in [0.2, 0.25) is 0 Å². The molecule has 1 aliphatic rings. The Morgan fingerprint density at radius 1 is 1.23 bits per heavy atom. The lowest BCUT2D eigenvalue weighted by Gasteiger charge is -2.34. The average Bonchev–Trinajstić information content (AvgIpc) is 2.66. The SMILES string of the molecule is CC1CN(c2c(F)cncc2NCc2ccc3nccnc3c2)CCN1. The van der Waals surface area contributed by atoms with E-state index in [1.807, 2.05) is 18.2 Å². The Kier molecular flexibility index (Phi) is 4.62. The first kappa shape index (κ1) is 16.7. The molecule has 7 heteroatoms. The summed E-state index contributed by atoms with van der Waals surface area (Å²) < 4.78 is 14.5. The maximum absolute atomic E-state index is 14.5. The van der Waals surface area contributed by atoms with Crippen LogP contribution in [0.4, 0.5) is 15.8 Å². The third kappa shape index (κ3) is 3.43. The number of rotatable bonds is 4. The quantitative estimate of drug-likeness (QED) is 0.752. The van der Waals surface area contributed by atoms with Crippen LogP contribution < -0.4 is 15.5 Å². The normalized spacial score (nSPS) is 17.5. The van der Waals surface area contributed by atoms with Crippen molar-refractivity contribution >= 4 is 22.4 Å². The molecule has 2 N–H and O–H groups in total. The van der Waals surface area contributed by atoms with Crippen LogP contribution in [0.1, 0.15) is 12.5 Å². The minimum atomic E-state index is -0.298. The van der Waals surface area contributed by atoms with E-state index in [-0.39, 0.29) is 5.82 Å². The van der Waals surface area contributed by atoms with Crippen molar-refractivity contribution < 1.29 is 4.39 Å². The highest BCUT2D eigenvalue weighted by molar-refractivity contribution is 5.75. The molecule has 0 aliphatic carbocycles. The van der Waals surface area contributed by atoms with Crippen LogP contribution in [0, 0.1) is 5.82 Å². The summed E-state index contributed by atoms with van der Waals surface area (Å²) in [6.07, 6.45) is 6.32. The first-order chi connectivity index (χ1) is 12.7. The number of hydrogen-bond donors (Lipinski definition) is 2. The molecule has 26 heavy (non-hydrogen) atoms. The first-order valence-electron chi connectivity index (χ1n) is 8.76. The highest BCUT2D eigenvalue weighted by atomic mass is 19.1. The molecule has 1 unspecified atom stereocenters. The number of anilines is 2. The highest BCUT2D eigenvalue weighted by Gasteiger charge is 2.21. The summed E-state index contributed by atoms with van der Waals surface area (Å²) in [6, 6.07) is 6.27. The predicted octanol–water partition coefficient (Wildman–Crippen LogP) is 2.57. The fourth-order valence-corrected chi connectivity index (χ4v) is 3.33. The fourth-order valence-electron chi connectivity index (χ4n) is 3.33. The van der Waals surface area contributed by atoms with Gasteiger partial charge in [-0.3, -0.25) is 15.0 Å². The largest absolute Gasteiger partial charge is 0.378 e. The second-order valence-corrected chi connectivity index (χ2v) is 6.55. The number of benzene rings is 1. The highest BCUT2D eigenvalue weighted by Crippen LogP contribution is 2.29. The van der Waals surface area contributed by atoms with Crippen molar-refractivity contribution in [3.8, 4) is 0 Å². The molecule has 2 aromatic heterocycles. The standard InChI is InChI=1S/C19H21FN6/c1-13-12-26(7-6-22-13)19-15(20)10-21-11-18(19)25-9-14-2-3-16-17(8-14)24-5-4-23-16/h2-5,8,10-11,13,22,25H,6-7,9,12H2,1H3. The van der Waals surface area contributed by atoms with Gasteiger partial charge in [-0.25, -0.2) is 4.39 Å². The van der Waals surface area contributed by atoms with E-state index in [1.54, 1.807) is 18.6 Å². The third-order valence-electron chi connectivity index (χ3n) is 4.57. The number of hydrogen-bond acceptors (Lipinski definition) is 6. The smallest absolute Gasteiger partial charge is 0.166 e. The summed E-state index contributed by atoms with van der Waals surface area (Å²) in [5.41, 5.74) is 4.06. The molecule has 1 aromatic carbocycles. The van der Waals surface area contributed by atoms with Gasteiger partial charge in [0.25, 0.3) is 0 Å². The van der Waals surface area contributed by atoms with Crippen LogP contribution in [0.25, 0.3) is 11.0 Å². The third-order valence-corrected chi connectivity index (χ3v) is 4.57. The van der Waals surface area contributed by atoms with Gasteiger partial charge in [0, 0.05) is 44.6 Å². The molecule has 3 aromatic rings. The lowest BCUT2D eigenvalue weighted by Crippen LogP contribution is -2.49. The van der Waals surface area contributed by atoms with E-state index in [9.17, 15) is 4.39 Å². The first-order valence-corrected chi connectivity index (χ1v) is 8.76. The summed E-state index contributed by atoms with van der Waals surface area (Å²) in [4.78, 5) is 14.7. The molecule has 0 bridgehead atoms. The molecule has 4 rings (SSSR count). The van der Waals surface area contributed by atoms with Gasteiger partial charge in [0.05, 0.1) is 34.8 Å². The van der Waals surface area contributed by atoms with Crippen molar-refractivity contribution in [2.45, 2.75) is 19.5 Å². The van der Waals surface area contributed by atoms with Crippen LogP contribution >= 0.6 is 0 Å². The second-order valence-electron chi connectivity index (χ2n) is 6.55. The van der Waals surface area contributed by atoms with Gasteiger partial charge in [-0.15, -0.1) is 0 Å². The van der Waals surface area contributed by atoms with Crippen molar-refractivity contribution in [2.24, 2.45) is 0 Å². The van der Waals surface area contributed by atoms with Crippen LogP contribution in [0.5, 0.6) is 0 Å². The Morgan fingerprint density at radius 3 is 2.92 bits per heavy atom. The zero-order valence-corrected chi connectivity index (χ0v) is 14.6. The van der Waals surface area contributed by atoms with Gasteiger partial charge >= 0.3 is 0 Å². The van der Waals surface area contributed by atoms with Gasteiger partial charge in [0.1, 0.15) is 0 Å². The van der Waals surface area contributed by atoms with Crippen LogP contribution in [-0.2, 0) is 6.54 Å². The van der Waals surface area contributed by atoms with Crippen molar-refractivity contribution in [3.05, 3.63) is 54.4 Å². The van der Waals surface area contributed by atoms with Gasteiger partial charge in [-0.1, -0.05) is 6.07 Å². The van der Waals surface area contributed by atoms with E-state index >= 15 is 0 Å². The van der Waals surface area contributed by atoms with E-state index in [0.29, 0.717) is 24.0 Å². The zero-order valence-electron chi connectivity index (χ0n) is 14.6. The number of aromatic nitrogens is 3. The summed E-state index contributed by atoms with van der Waals surface area (Å²) >= 11 is 0. The van der Waals surface area contributed by atoms with E-state index in [4.69, 9.17) is 0 Å². The molecule has 1 saturated heterocycles. The summed E-state index contributed by atoms with van der Waals surface area (Å²) in [6.45, 7) is 5.04. The lowest BCUT2D eigenvalue weighted by atomic mass is 10.1. The maximum atomic E-state index is 14.5. The van der Waals surface area contributed by atoms with Gasteiger partial charge in [0.15, 0.2) is 5.82 Å². The molecule has 1 aliphatic heterocycles. The molecular formula is C19H21FN6. The maximum Gasteiger partial charge on any atom is 0.166 e. The van der Waals surface area contributed by atoms with E-state index in [0.717, 1.165) is 36.2 Å². The summed E-state index contributed by atoms with van der Waals surface area (Å²) in [7, 11) is 0. The Labute approximate surface area is 151 Å². The minimum Gasteiger partial charge on any atom is -0.378 e. The molecule has 1 fully saturated rings. The average molecular weight is 352 g/mol. The van der Waals surface area contributed by atoms with Crippen molar-refractivity contribution in [3.63, 3.8) is 0 Å². The summed E-state index contributed by atoms with van der Waals surface area (Å²) in [5, 5.41) is 6.72. The lowest BCUT2D eigenvalue weighted by molar-refractivity contribution is 0.478. The number of piperazine rings is 1. The molecule has 3 heterocycles. The van der Waals surface area contributed by atoms with E-state index in [1.165, 1.54) is 6.20 Å². The van der Waals surface area contributed by atoms with Gasteiger partial charge in [-0.05, 0) is 24.6 Å². The zero-order chi connectivity index (χ0) is 17.9. The molecule has 0 amide bonds.